The lowest BCUT2D eigenvalue weighted by molar-refractivity contribution is -0.124. The number of rotatable bonds is 2. The quantitative estimate of drug-likeness (QED) is 0.713. The fourth-order valence-electron chi connectivity index (χ4n) is 3.23. The van der Waals surface area contributed by atoms with E-state index < -0.39 is 41.9 Å². The van der Waals surface area contributed by atoms with Crippen molar-refractivity contribution >= 4 is 47.0 Å². The molecule has 8 nitrogen and oxygen atoms in total. The number of fused-ring (bicyclic) bond motifs is 1. The highest BCUT2D eigenvalue weighted by Crippen LogP contribution is 2.37. The lowest BCUT2D eigenvalue weighted by Gasteiger charge is -2.32. The summed E-state index contributed by atoms with van der Waals surface area (Å²) in [5.41, 5.74) is -0.783. The van der Waals surface area contributed by atoms with Crippen LogP contribution in [0.15, 0.2) is 12.1 Å². The first-order valence-electron chi connectivity index (χ1n) is 9.17. The third-order valence-electron chi connectivity index (χ3n) is 5.40. The van der Waals surface area contributed by atoms with E-state index in [1.165, 1.54) is 19.1 Å². The van der Waals surface area contributed by atoms with Gasteiger partial charge >= 0.3 is 7.12 Å². The molecular formula is C19H23BFN3O5. The van der Waals surface area contributed by atoms with Crippen LogP contribution in [-0.4, -0.2) is 45.8 Å². The maximum absolute atomic E-state index is 15.2. The molecule has 1 saturated heterocycles. The molecule has 0 saturated carbocycles. The second kappa shape index (κ2) is 6.74. The van der Waals surface area contributed by atoms with Crippen LogP contribution in [0.2, 0.25) is 0 Å². The van der Waals surface area contributed by atoms with Crippen LogP contribution in [-0.2, 0) is 18.9 Å². The summed E-state index contributed by atoms with van der Waals surface area (Å²) in [6.07, 6.45) is 0. The van der Waals surface area contributed by atoms with Gasteiger partial charge in [-0.05, 0) is 45.3 Å². The third kappa shape index (κ3) is 3.36. The number of benzene rings is 1. The van der Waals surface area contributed by atoms with Gasteiger partial charge < -0.3 is 9.31 Å². The topological polar surface area (TPSA) is 90.7 Å². The van der Waals surface area contributed by atoms with E-state index in [2.05, 4.69) is 5.10 Å². The Hall–Kier alpha value is -2.59. The molecule has 1 aliphatic rings. The highest BCUT2D eigenvalue weighted by Gasteiger charge is 2.52. The van der Waals surface area contributed by atoms with E-state index in [0.29, 0.717) is 5.46 Å². The molecule has 2 amide bonds. The number of anilines is 1. The molecule has 29 heavy (non-hydrogen) atoms. The molecular weight excluding hydrogens is 380 g/mol. The first-order chi connectivity index (χ1) is 13.3. The summed E-state index contributed by atoms with van der Waals surface area (Å²) < 4.78 is 28.1. The molecule has 1 aliphatic heterocycles. The van der Waals surface area contributed by atoms with Crippen molar-refractivity contribution in [2.24, 2.45) is 0 Å². The monoisotopic (exact) mass is 403 g/mol. The number of halogens is 1. The Balaban J connectivity index is 2.23. The van der Waals surface area contributed by atoms with Crippen LogP contribution >= 0.6 is 0 Å². The molecule has 1 fully saturated rings. The van der Waals surface area contributed by atoms with E-state index in [1.54, 1.807) is 0 Å². The number of imide groups is 1. The van der Waals surface area contributed by atoms with Gasteiger partial charge in [0.15, 0.2) is 5.82 Å². The SMILES string of the molecule is CC(=O)N(C(C)=O)c1nn(C(C)=O)c2cc(B3OC(C)(C)C(C)(C)O3)cc(F)c12. The predicted octanol–water partition coefficient (Wildman–Crippen LogP) is 2.03. The molecule has 0 bridgehead atoms. The van der Waals surface area contributed by atoms with Crippen LogP contribution in [0.4, 0.5) is 10.2 Å². The maximum Gasteiger partial charge on any atom is 0.495 e. The van der Waals surface area contributed by atoms with Crippen molar-refractivity contribution in [3.05, 3.63) is 17.9 Å². The number of nitrogens with zero attached hydrogens (tertiary/aromatic N) is 3. The average Bonchev–Trinajstić information content (AvgIpc) is 3.02. The summed E-state index contributed by atoms with van der Waals surface area (Å²) >= 11 is 0. The summed E-state index contributed by atoms with van der Waals surface area (Å²) in [6, 6.07) is 2.73. The smallest absolute Gasteiger partial charge is 0.399 e. The zero-order valence-corrected chi connectivity index (χ0v) is 17.5. The zero-order chi connectivity index (χ0) is 21.9. The fourth-order valence-corrected chi connectivity index (χ4v) is 3.23. The minimum absolute atomic E-state index is 0.106. The van der Waals surface area contributed by atoms with E-state index in [1.807, 2.05) is 27.7 Å². The van der Waals surface area contributed by atoms with Crippen LogP contribution in [0, 0.1) is 5.82 Å². The molecule has 2 heterocycles. The van der Waals surface area contributed by atoms with E-state index in [9.17, 15) is 14.4 Å². The van der Waals surface area contributed by atoms with Gasteiger partial charge in [0.05, 0.1) is 22.1 Å². The molecule has 1 aromatic carbocycles. The summed E-state index contributed by atoms with van der Waals surface area (Å²) in [6.45, 7) is 11.1. The van der Waals surface area contributed by atoms with E-state index in [0.717, 1.165) is 23.4 Å². The van der Waals surface area contributed by atoms with E-state index >= 15 is 4.39 Å². The van der Waals surface area contributed by atoms with Crippen LogP contribution in [0.1, 0.15) is 53.3 Å². The van der Waals surface area contributed by atoms with Crippen LogP contribution in [0.5, 0.6) is 0 Å². The molecule has 0 radical (unpaired) electrons. The molecule has 0 unspecified atom stereocenters. The van der Waals surface area contributed by atoms with Crippen LogP contribution < -0.4 is 10.4 Å². The second-order valence-corrected chi connectivity index (χ2v) is 8.11. The molecule has 0 atom stereocenters. The molecule has 2 aromatic rings. The Bertz CT molecular complexity index is 1020. The minimum Gasteiger partial charge on any atom is -0.399 e. The number of hydrogen-bond donors (Lipinski definition) is 0. The molecule has 0 spiro atoms. The van der Waals surface area contributed by atoms with Crippen molar-refractivity contribution in [3.8, 4) is 0 Å². The molecule has 154 valence electrons. The Morgan fingerprint density at radius 1 is 1.03 bits per heavy atom. The molecule has 1 aromatic heterocycles. The molecule has 0 aliphatic carbocycles. The Labute approximate surface area is 168 Å². The number of aromatic nitrogens is 2. The highest BCUT2D eigenvalue weighted by atomic mass is 19.1. The fraction of sp³-hybridized carbons (Fsp3) is 0.474. The van der Waals surface area contributed by atoms with Gasteiger partial charge in [-0.2, -0.15) is 4.68 Å². The number of amides is 2. The normalized spacial score (nSPS) is 17.6. The van der Waals surface area contributed by atoms with Gasteiger partial charge in [-0.1, -0.05) is 0 Å². The van der Waals surface area contributed by atoms with Gasteiger partial charge in [0.1, 0.15) is 5.82 Å². The Morgan fingerprint density at radius 2 is 1.55 bits per heavy atom. The average molecular weight is 403 g/mol. The number of carbonyl (C=O) groups is 3. The second-order valence-electron chi connectivity index (χ2n) is 8.11. The molecule has 3 rings (SSSR count). The van der Waals surface area contributed by atoms with Gasteiger partial charge in [0.2, 0.25) is 17.7 Å². The largest absolute Gasteiger partial charge is 0.495 e. The van der Waals surface area contributed by atoms with E-state index in [4.69, 9.17) is 9.31 Å². The lowest BCUT2D eigenvalue weighted by atomic mass is 9.78. The van der Waals surface area contributed by atoms with Crippen molar-refractivity contribution < 1.29 is 28.1 Å². The third-order valence-corrected chi connectivity index (χ3v) is 5.40. The van der Waals surface area contributed by atoms with Crippen molar-refractivity contribution in [3.63, 3.8) is 0 Å². The Morgan fingerprint density at radius 3 is 2.00 bits per heavy atom. The highest BCUT2D eigenvalue weighted by molar-refractivity contribution is 6.62. The summed E-state index contributed by atoms with van der Waals surface area (Å²) in [5, 5.41) is 3.94. The minimum atomic E-state index is -0.852. The summed E-state index contributed by atoms with van der Waals surface area (Å²) in [4.78, 5) is 36.7. The first kappa shape index (κ1) is 21.1. The van der Waals surface area contributed by atoms with Gasteiger partial charge in [0, 0.05) is 20.8 Å². The van der Waals surface area contributed by atoms with Crippen molar-refractivity contribution in [2.75, 3.05) is 4.90 Å². The molecule has 10 heteroatoms. The van der Waals surface area contributed by atoms with E-state index in [-0.39, 0.29) is 16.7 Å². The summed E-state index contributed by atoms with van der Waals surface area (Å²) in [5.74, 6) is -2.75. The van der Waals surface area contributed by atoms with Gasteiger partial charge in [0.25, 0.3) is 0 Å². The standard InChI is InChI=1S/C19H23BFN3O5/c1-10(25)23(11(2)26)17-16-14(21)8-13(9-15(16)24(22-17)12(3)27)20-28-18(4,5)19(6,7)29-20/h8-9H,1-7H3. The lowest BCUT2D eigenvalue weighted by Crippen LogP contribution is -2.41. The van der Waals surface area contributed by atoms with Crippen molar-refractivity contribution in [1.82, 2.24) is 9.78 Å². The van der Waals surface area contributed by atoms with Gasteiger partial charge in [-0.15, -0.1) is 5.10 Å². The van der Waals surface area contributed by atoms with Crippen molar-refractivity contribution in [1.29, 1.82) is 0 Å². The first-order valence-corrected chi connectivity index (χ1v) is 9.17. The predicted molar refractivity (Wildman–Crippen MR) is 106 cm³/mol. The molecule has 0 N–H and O–H groups in total. The van der Waals surface area contributed by atoms with Gasteiger partial charge in [-0.25, -0.2) is 9.29 Å². The Kier molecular flexibility index (Phi) is 4.91. The summed E-state index contributed by atoms with van der Waals surface area (Å²) in [7, 11) is -0.852. The van der Waals surface area contributed by atoms with Crippen molar-refractivity contribution in [2.45, 2.75) is 59.7 Å². The maximum atomic E-state index is 15.2. The zero-order valence-electron chi connectivity index (χ0n) is 17.5. The number of carbonyl (C=O) groups excluding carboxylic acids is 3. The van der Waals surface area contributed by atoms with Crippen LogP contribution in [0.3, 0.4) is 0 Å². The number of hydrogen-bond acceptors (Lipinski definition) is 6. The van der Waals surface area contributed by atoms with Gasteiger partial charge in [-0.3, -0.25) is 14.4 Å². The van der Waals surface area contributed by atoms with Crippen LogP contribution in [0.25, 0.3) is 10.9 Å².